The third kappa shape index (κ3) is 4.59. The molecule has 0 aliphatic carbocycles. The van der Waals surface area contributed by atoms with E-state index in [1.807, 2.05) is 19.1 Å². The van der Waals surface area contributed by atoms with Crippen molar-refractivity contribution < 1.29 is 9.13 Å². The summed E-state index contributed by atoms with van der Waals surface area (Å²) in [5.74, 6) is -0.151. The van der Waals surface area contributed by atoms with Crippen LogP contribution in [-0.4, -0.2) is 19.3 Å². The van der Waals surface area contributed by atoms with Gasteiger partial charge in [0.1, 0.15) is 5.82 Å². The third-order valence-corrected chi connectivity index (χ3v) is 3.29. The molecule has 2 unspecified atom stereocenters. The number of likely N-dealkylation sites (N-methyl/N-ethyl adjacent to an activating group) is 1. The minimum absolute atomic E-state index is 0.129. The van der Waals surface area contributed by atoms with Crippen molar-refractivity contribution in [3.63, 3.8) is 0 Å². The molecule has 2 nitrogen and oxygen atoms in total. The van der Waals surface area contributed by atoms with E-state index in [0.29, 0.717) is 12.2 Å². The molecule has 0 aromatic heterocycles. The summed E-state index contributed by atoms with van der Waals surface area (Å²) in [6.07, 6.45) is 2.22. The first-order valence-electron chi connectivity index (χ1n) is 7.25. The highest BCUT2D eigenvalue weighted by Crippen LogP contribution is 2.24. The van der Waals surface area contributed by atoms with E-state index in [1.165, 1.54) is 0 Å². The predicted molar refractivity (Wildman–Crippen MR) is 77.9 cm³/mol. The molecule has 0 aliphatic heterocycles. The Bertz CT molecular complexity index is 375. The van der Waals surface area contributed by atoms with Gasteiger partial charge >= 0.3 is 0 Å². The van der Waals surface area contributed by atoms with Crippen LogP contribution in [0.2, 0.25) is 0 Å². The van der Waals surface area contributed by atoms with Crippen molar-refractivity contribution in [2.24, 2.45) is 0 Å². The van der Waals surface area contributed by atoms with Gasteiger partial charge in [0.2, 0.25) is 0 Å². The zero-order valence-corrected chi connectivity index (χ0v) is 12.5. The topological polar surface area (TPSA) is 21.3 Å². The lowest BCUT2D eigenvalue weighted by Gasteiger charge is -2.28. The summed E-state index contributed by atoms with van der Waals surface area (Å²) in [7, 11) is 0. The van der Waals surface area contributed by atoms with Gasteiger partial charge in [-0.05, 0) is 44.0 Å². The molecule has 0 spiro atoms. The quantitative estimate of drug-likeness (QED) is 0.769. The Morgan fingerprint density at radius 3 is 2.53 bits per heavy atom. The number of aryl methyl sites for hydroxylation is 1. The molecule has 0 bridgehead atoms. The molecule has 0 amide bonds. The summed E-state index contributed by atoms with van der Waals surface area (Å²) in [5.41, 5.74) is 1.79. The molecule has 1 aromatic carbocycles. The van der Waals surface area contributed by atoms with Gasteiger partial charge in [0.25, 0.3) is 0 Å². The number of hydrogen-bond acceptors (Lipinski definition) is 2. The van der Waals surface area contributed by atoms with Crippen molar-refractivity contribution in [3.05, 3.63) is 35.1 Å². The molecule has 1 N–H and O–H groups in total. The molecule has 19 heavy (non-hydrogen) atoms. The second-order valence-corrected chi connectivity index (χ2v) is 4.83. The fourth-order valence-corrected chi connectivity index (χ4v) is 2.39. The van der Waals surface area contributed by atoms with E-state index in [4.69, 9.17) is 4.74 Å². The summed E-state index contributed by atoms with van der Waals surface area (Å²) in [4.78, 5) is 0. The van der Waals surface area contributed by atoms with Gasteiger partial charge in [-0.2, -0.15) is 0 Å². The number of rotatable bonds is 8. The zero-order valence-electron chi connectivity index (χ0n) is 12.5. The van der Waals surface area contributed by atoms with Crippen LogP contribution < -0.4 is 5.32 Å². The second kappa shape index (κ2) is 8.28. The minimum Gasteiger partial charge on any atom is -0.377 e. The smallest absolute Gasteiger partial charge is 0.126 e. The van der Waals surface area contributed by atoms with E-state index in [1.54, 1.807) is 13.0 Å². The molecule has 1 aromatic rings. The summed E-state index contributed by atoms with van der Waals surface area (Å²) in [6.45, 7) is 9.63. The molecule has 2 atom stereocenters. The van der Waals surface area contributed by atoms with Crippen molar-refractivity contribution in [1.29, 1.82) is 0 Å². The summed E-state index contributed by atoms with van der Waals surface area (Å²) >= 11 is 0. The van der Waals surface area contributed by atoms with Crippen LogP contribution in [0.3, 0.4) is 0 Å². The lowest BCUT2D eigenvalue weighted by molar-refractivity contribution is 0.0280. The van der Waals surface area contributed by atoms with Crippen molar-refractivity contribution in [1.82, 2.24) is 5.32 Å². The first-order valence-corrected chi connectivity index (χ1v) is 7.25. The van der Waals surface area contributed by atoms with Crippen molar-refractivity contribution in [3.8, 4) is 0 Å². The minimum atomic E-state index is -0.151. The zero-order chi connectivity index (χ0) is 14.3. The maximum atomic E-state index is 13.4. The average molecular weight is 267 g/mol. The standard InChI is InChI=1S/C16H26FNO/c1-5-8-15(19-7-3)16(18-6-2)13-9-10-14(17)12(4)11-13/h9-11,15-16,18H,5-8H2,1-4H3. The Morgan fingerprint density at radius 1 is 1.26 bits per heavy atom. The molecule has 1 rings (SSSR count). The van der Waals surface area contributed by atoms with E-state index >= 15 is 0 Å². The maximum absolute atomic E-state index is 13.4. The fourth-order valence-electron chi connectivity index (χ4n) is 2.39. The molecule has 0 aliphatic rings. The Kier molecular flexibility index (Phi) is 7.03. The highest BCUT2D eigenvalue weighted by atomic mass is 19.1. The SMILES string of the molecule is CCCC(OCC)C(NCC)c1ccc(F)c(C)c1. The van der Waals surface area contributed by atoms with E-state index in [0.717, 1.165) is 24.9 Å². The molecular weight excluding hydrogens is 241 g/mol. The van der Waals surface area contributed by atoms with Crippen LogP contribution in [0.5, 0.6) is 0 Å². The van der Waals surface area contributed by atoms with Crippen molar-refractivity contribution >= 4 is 0 Å². The molecule has 0 saturated carbocycles. The highest BCUT2D eigenvalue weighted by Gasteiger charge is 2.22. The van der Waals surface area contributed by atoms with Crippen molar-refractivity contribution in [2.75, 3.05) is 13.2 Å². The van der Waals surface area contributed by atoms with E-state index in [9.17, 15) is 4.39 Å². The van der Waals surface area contributed by atoms with E-state index in [-0.39, 0.29) is 18.0 Å². The number of benzene rings is 1. The molecular formula is C16H26FNO. The van der Waals surface area contributed by atoms with Crippen LogP contribution in [0.15, 0.2) is 18.2 Å². The number of halogens is 1. The van der Waals surface area contributed by atoms with Crippen LogP contribution in [0.1, 0.15) is 50.8 Å². The second-order valence-electron chi connectivity index (χ2n) is 4.83. The first kappa shape index (κ1) is 16.1. The number of ether oxygens (including phenoxy) is 1. The molecule has 0 saturated heterocycles. The van der Waals surface area contributed by atoms with Crippen molar-refractivity contribution in [2.45, 2.75) is 52.7 Å². The molecule has 0 fully saturated rings. The number of nitrogens with one attached hydrogen (secondary N) is 1. The van der Waals surface area contributed by atoms with Crippen LogP contribution in [0, 0.1) is 12.7 Å². The van der Waals surface area contributed by atoms with Gasteiger partial charge in [-0.15, -0.1) is 0 Å². The third-order valence-electron chi connectivity index (χ3n) is 3.29. The van der Waals surface area contributed by atoms with Gasteiger partial charge < -0.3 is 10.1 Å². The average Bonchev–Trinajstić information content (AvgIpc) is 2.39. The molecule has 0 heterocycles. The largest absolute Gasteiger partial charge is 0.377 e. The van der Waals surface area contributed by atoms with Gasteiger partial charge in [-0.3, -0.25) is 0 Å². The lowest BCUT2D eigenvalue weighted by atomic mass is 9.96. The van der Waals surface area contributed by atoms with Gasteiger partial charge in [0.05, 0.1) is 12.1 Å². The molecule has 108 valence electrons. The van der Waals surface area contributed by atoms with E-state index in [2.05, 4.69) is 19.2 Å². The summed E-state index contributed by atoms with van der Waals surface area (Å²) in [5, 5.41) is 3.47. The first-order chi connectivity index (χ1) is 9.13. The lowest BCUT2D eigenvalue weighted by Crippen LogP contribution is -2.34. The molecule has 0 radical (unpaired) electrons. The van der Waals surface area contributed by atoms with Gasteiger partial charge in [0.15, 0.2) is 0 Å². The van der Waals surface area contributed by atoms with Gasteiger partial charge in [-0.1, -0.05) is 32.4 Å². The summed E-state index contributed by atoms with van der Waals surface area (Å²) in [6, 6.07) is 5.45. The molecule has 3 heteroatoms. The summed E-state index contributed by atoms with van der Waals surface area (Å²) < 4.78 is 19.3. The van der Waals surface area contributed by atoms with Gasteiger partial charge in [0, 0.05) is 6.61 Å². The fraction of sp³-hybridized carbons (Fsp3) is 0.625. The Labute approximate surface area is 116 Å². The Hall–Kier alpha value is -0.930. The van der Waals surface area contributed by atoms with Gasteiger partial charge in [-0.25, -0.2) is 4.39 Å². The number of hydrogen-bond donors (Lipinski definition) is 1. The maximum Gasteiger partial charge on any atom is 0.126 e. The van der Waals surface area contributed by atoms with Crippen LogP contribution in [0.25, 0.3) is 0 Å². The predicted octanol–water partition coefficient (Wildman–Crippen LogP) is 3.99. The van der Waals surface area contributed by atoms with Crippen LogP contribution in [0.4, 0.5) is 4.39 Å². The monoisotopic (exact) mass is 267 g/mol. The van der Waals surface area contributed by atoms with Crippen LogP contribution >= 0.6 is 0 Å². The van der Waals surface area contributed by atoms with E-state index < -0.39 is 0 Å². The normalized spacial score (nSPS) is 14.4. The van der Waals surface area contributed by atoms with Crippen LogP contribution in [-0.2, 0) is 4.74 Å². The highest BCUT2D eigenvalue weighted by molar-refractivity contribution is 5.27. The Morgan fingerprint density at radius 2 is 2.00 bits per heavy atom. The Balaban J connectivity index is 2.98.